The van der Waals surface area contributed by atoms with E-state index in [0.717, 1.165) is 17.7 Å². The Labute approximate surface area is 117 Å². The summed E-state index contributed by atoms with van der Waals surface area (Å²) in [6.07, 6.45) is 0. The average Bonchev–Trinajstić information content (AvgIpc) is 2.39. The summed E-state index contributed by atoms with van der Waals surface area (Å²) in [6, 6.07) is 10.0. The molecule has 19 heavy (non-hydrogen) atoms. The fourth-order valence-corrected chi connectivity index (χ4v) is 2.11. The van der Waals surface area contributed by atoms with Crippen LogP contribution in [0.2, 0.25) is 0 Å². The highest BCUT2D eigenvalue weighted by atomic mass is 79.9. The van der Waals surface area contributed by atoms with E-state index in [4.69, 9.17) is 0 Å². The van der Waals surface area contributed by atoms with Gasteiger partial charge in [0, 0.05) is 17.1 Å². The molecular weight excluding hydrogens is 316 g/mol. The van der Waals surface area contributed by atoms with Gasteiger partial charge in [-0.1, -0.05) is 34.1 Å². The number of anilines is 1. The average molecular weight is 326 g/mol. The smallest absolute Gasteiger partial charge is 0.258 e. The lowest BCUT2D eigenvalue weighted by Gasteiger charge is -2.09. The Balaban J connectivity index is 2.26. The fraction of sp³-hybridized carbons (Fsp3) is 0.0714. The maximum atomic E-state index is 13.5. The minimum absolute atomic E-state index is 0.189. The van der Waals surface area contributed by atoms with E-state index in [1.807, 2.05) is 12.1 Å². The van der Waals surface area contributed by atoms with Crippen molar-refractivity contribution in [2.24, 2.45) is 0 Å². The van der Waals surface area contributed by atoms with Crippen molar-refractivity contribution in [3.05, 3.63) is 65.2 Å². The number of alkyl halides is 1. The Bertz CT molecular complexity index is 616. The van der Waals surface area contributed by atoms with Gasteiger partial charge in [0.05, 0.1) is 5.56 Å². The molecule has 0 spiro atoms. The zero-order valence-corrected chi connectivity index (χ0v) is 11.4. The summed E-state index contributed by atoms with van der Waals surface area (Å²) in [5.41, 5.74) is 1.28. The zero-order valence-electron chi connectivity index (χ0n) is 9.79. The van der Waals surface area contributed by atoms with Gasteiger partial charge in [-0.05, 0) is 23.8 Å². The number of amides is 1. The second kappa shape index (κ2) is 5.93. The van der Waals surface area contributed by atoms with Crippen molar-refractivity contribution in [2.75, 3.05) is 5.32 Å². The maximum absolute atomic E-state index is 13.5. The molecule has 1 N–H and O–H groups in total. The zero-order chi connectivity index (χ0) is 13.8. The third-order valence-corrected chi connectivity index (χ3v) is 3.19. The summed E-state index contributed by atoms with van der Waals surface area (Å²) in [5, 5.41) is 3.17. The van der Waals surface area contributed by atoms with Crippen LogP contribution in [-0.2, 0) is 5.33 Å². The van der Waals surface area contributed by atoms with Crippen LogP contribution in [0.25, 0.3) is 0 Å². The van der Waals surface area contributed by atoms with E-state index in [1.165, 1.54) is 0 Å². The van der Waals surface area contributed by atoms with E-state index in [1.54, 1.807) is 12.1 Å². The van der Waals surface area contributed by atoms with E-state index in [9.17, 15) is 13.6 Å². The summed E-state index contributed by atoms with van der Waals surface area (Å²) in [6.45, 7) is 0. The lowest BCUT2D eigenvalue weighted by molar-refractivity contribution is 0.102. The van der Waals surface area contributed by atoms with Crippen LogP contribution >= 0.6 is 15.9 Å². The van der Waals surface area contributed by atoms with Gasteiger partial charge in [-0.25, -0.2) is 8.78 Å². The molecule has 0 atom stereocenters. The summed E-state index contributed by atoms with van der Waals surface area (Å²) in [4.78, 5) is 11.9. The van der Waals surface area contributed by atoms with Gasteiger partial charge in [-0.3, -0.25) is 4.79 Å². The van der Waals surface area contributed by atoms with Gasteiger partial charge in [0.25, 0.3) is 5.91 Å². The third-order valence-electron chi connectivity index (χ3n) is 2.59. The minimum Gasteiger partial charge on any atom is -0.322 e. The van der Waals surface area contributed by atoms with Crippen LogP contribution in [0.5, 0.6) is 0 Å². The molecule has 0 aromatic heterocycles. The molecule has 5 heteroatoms. The lowest BCUT2D eigenvalue weighted by atomic mass is 10.1. The van der Waals surface area contributed by atoms with Crippen LogP contribution in [0.3, 0.4) is 0 Å². The molecular formula is C14H10BrF2NO. The molecule has 0 aliphatic carbocycles. The summed E-state index contributed by atoms with van der Waals surface area (Å²) >= 11 is 3.30. The third kappa shape index (κ3) is 3.17. The van der Waals surface area contributed by atoms with Crippen LogP contribution < -0.4 is 5.32 Å². The molecule has 0 saturated carbocycles. The predicted molar refractivity (Wildman–Crippen MR) is 73.4 cm³/mol. The van der Waals surface area contributed by atoms with Crippen molar-refractivity contribution >= 4 is 27.5 Å². The largest absolute Gasteiger partial charge is 0.322 e. The topological polar surface area (TPSA) is 29.1 Å². The number of rotatable bonds is 3. The first-order valence-corrected chi connectivity index (χ1v) is 6.64. The molecule has 2 nitrogen and oxygen atoms in total. The second-order valence-electron chi connectivity index (χ2n) is 3.87. The van der Waals surface area contributed by atoms with E-state index in [2.05, 4.69) is 21.2 Å². The molecule has 0 aliphatic rings. The highest BCUT2D eigenvalue weighted by molar-refractivity contribution is 9.08. The first-order chi connectivity index (χ1) is 9.11. The Kier molecular flexibility index (Phi) is 4.27. The van der Waals surface area contributed by atoms with Crippen LogP contribution in [-0.4, -0.2) is 5.91 Å². The Morgan fingerprint density at radius 2 is 1.89 bits per heavy atom. The van der Waals surface area contributed by atoms with Crippen molar-refractivity contribution in [3.63, 3.8) is 0 Å². The summed E-state index contributed by atoms with van der Waals surface area (Å²) in [5.74, 6) is -2.20. The SMILES string of the molecule is O=C(Nc1ccccc1CBr)c1ccc(F)cc1F. The molecule has 2 aromatic carbocycles. The van der Waals surface area contributed by atoms with Gasteiger partial charge in [-0.15, -0.1) is 0 Å². The van der Waals surface area contributed by atoms with E-state index < -0.39 is 17.5 Å². The first kappa shape index (κ1) is 13.7. The van der Waals surface area contributed by atoms with Crippen molar-refractivity contribution in [2.45, 2.75) is 5.33 Å². The van der Waals surface area contributed by atoms with Gasteiger partial charge in [0.1, 0.15) is 11.6 Å². The number of carbonyl (C=O) groups excluding carboxylic acids is 1. The molecule has 2 rings (SSSR count). The monoisotopic (exact) mass is 325 g/mol. The van der Waals surface area contributed by atoms with E-state index >= 15 is 0 Å². The molecule has 0 saturated heterocycles. The maximum Gasteiger partial charge on any atom is 0.258 e. The number of halogens is 3. The van der Waals surface area contributed by atoms with E-state index in [0.29, 0.717) is 17.1 Å². The van der Waals surface area contributed by atoms with Gasteiger partial charge < -0.3 is 5.32 Å². The number of para-hydroxylation sites is 1. The molecule has 0 bridgehead atoms. The van der Waals surface area contributed by atoms with Crippen molar-refractivity contribution in [3.8, 4) is 0 Å². The van der Waals surface area contributed by atoms with Gasteiger partial charge in [0.2, 0.25) is 0 Å². The number of hydrogen-bond donors (Lipinski definition) is 1. The number of nitrogens with one attached hydrogen (secondary N) is 1. The molecule has 0 fully saturated rings. The van der Waals surface area contributed by atoms with Gasteiger partial charge >= 0.3 is 0 Å². The van der Waals surface area contributed by atoms with Crippen molar-refractivity contribution in [1.29, 1.82) is 0 Å². The van der Waals surface area contributed by atoms with Crippen LogP contribution in [0.4, 0.5) is 14.5 Å². The van der Waals surface area contributed by atoms with Crippen LogP contribution in [0.1, 0.15) is 15.9 Å². The fourth-order valence-electron chi connectivity index (χ4n) is 1.62. The van der Waals surface area contributed by atoms with Gasteiger partial charge in [0.15, 0.2) is 0 Å². The Morgan fingerprint density at radius 3 is 2.58 bits per heavy atom. The highest BCUT2D eigenvalue weighted by Gasteiger charge is 2.13. The number of benzene rings is 2. The van der Waals surface area contributed by atoms with E-state index in [-0.39, 0.29) is 5.56 Å². The molecule has 0 unspecified atom stereocenters. The number of carbonyl (C=O) groups is 1. The molecule has 0 heterocycles. The molecule has 1 amide bonds. The first-order valence-electron chi connectivity index (χ1n) is 5.52. The Hall–Kier alpha value is -1.75. The normalized spacial score (nSPS) is 10.3. The summed E-state index contributed by atoms with van der Waals surface area (Å²) < 4.78 is 26.3. The van der Waals surface area contributed by atoms with Crippen molar-refractivity contribution in [1.82, 2.24) is 0 Å². The van der Waals surface area contributed by atoms with Crippen LogP contribution in [0.15, 0.2) is 42.5 Å². The molecule has 98 valence electrons. The predicted octanol–water partition coefficient (Wildman–Crippen LogP) is 4.11. The molecule has 2 aromatic rings. The second-order valence-corrected chi connectivity index (χ2v) is 4.43. The van der Waals surface area contributed by atoms with Crippen LogP contribution in [0, 0.1) is 11.6 Å². The Morgan fingerprint density at radius 1 is 1.16 bits per heavy atom. The summed E-state index contributed by atoms with van der Waals surface area (Å²) in [7, 11) is 0. The highest BCUT2D eigenvalue weighted by Crippen LogP contribution is 2.19. The number of hydrogen-bond acceptors (Lipinski definition) is 1. The lowest BCUT2D eigenvalue weighted by Crippen LogP contribution is -2.14. The van der Waals surface area contributed by atoms with Crippen molar-refractivity contribution < 1.29 is 13.6 Å². The standard InChI is InChI=1S/C14H10BrF2NO/c15-8-9-3-1-2-4-13(9)18-14(19)11-6-5-10(16)7-12(11)17/h1-7H,8H2,(H,18,19). The van der Waals surface area contributed by atoms with Gasteiger partial charge in [-0.2, -0.15) is 0 Å². The minimum atomic E-state index is -0.881. The quantitative estimate of drug-likeness (QED) is 0.845. The molecule has 0 radical (unpaired) electrons. The molecule has 0 aliphatic heterocycles.